The molecule has 3 rings (SSSR count). The van der Waals surface area contributed by atoms with Crippen LogP contribution in [0.15, 0.2) is 40.0 Å². The molecule has 208 valence electrons. The van der Waals surface area contributed by atoms with Crippen LogP contribution >= 0.6 is 0 Å². The smallest absolute Gasteiger partial charge is 0.243 e. The van der Waals surface area contributed by atoms with Gasteiger partial charge >= 0.3 is 0 Å². The summed E-state index contributed by atoms with van der Waals surface area (Å²) in [4.78, 5) is 8.18. The van der Waals surface area contributed by atoms with Crippen molar-refractivity contribution < 1.29 is 26.3 Å². The molecule has 2 aromatic rings. The molecule has 3 atom stereocenters. The van der Waals surface area contributed by atoms with Gasteiger partial charge in [0, 0.05) is 12.1 Å². The van der Waals surface area contributed by atoms with Crippen LogP contribution in [0.4, 0.5) is 5.95 Å². The third-order valence-corrected chi connectivity index (χ3v) is 10.4. The number of rotatable bonds is 10. The van der Waals surface area contributed by atoms with E-state index in [2.05, 4.69) is 31.6 Å². The van der Waals surface area contributed by atoms with Crippen molar-refractivity contribution in [2.45, 2.75) is 51.0 Å². The first kappa shape index (κ1) is 29.3. The van der Waals surface area contributed by atoms with Gasteiger partial charge < -0.3 is 9.47 Å². The van der Waals surface area contributed by atoms with E-state index in [0.717, 1.165) is 5.57 Å². The molecule has 12 nitrogen and oxygen atoms in total. The lowest BCUT2D eigenvalue weighted by atomic mass is 10.1. The first-order valence-electron chi connectivity index (χ1n) is 12.0. The van der Waals surface area contributed by atoms with Crippen molar-refractivity contribution in [2.75, 3.05) is 24.7 Å². The summed E-state index contributed by atoms with van der Waals surface area (Å²) in [6.07, 6.45) is 2.38. The topological polar surface area (TPSA) is 154 Å². The van der Waals surface area contributed by atoms with E-state index in [1.54, 1.807) is 31.3 Å². The number of nitrogens with one attached hydrogen (secondary N) is 1. The molecule has 1 aliphatic heterocycles. The van der Waals surface area contributed by atoms with E-state index in [9.17, 15) is 16.8 Å². The van der Waals surface area contributed by atoms with Crippen LogP contribution in [-0.2, 0) is 19.9 Å². The Hall–Kier alpha value is -3.26. The Morgan fingerprint density at radius 3 is 2.34 bits per heavy atom. The number of aromatic nitrogens is 3. The van der Waals surface area contributed by atoms with Gasteiger partial charge in [-0.3, -0.25) is 9.29 Å². The minimum absolute atomic E-state index is 0.00550. The molecule has 1 saturated heterocycles. The first-order chi connectivity index (χ1) is 17.9. The number of nitrogens with zero attached hydrogens (tertiary/aromatic N) is 5. The van der Waals surface area contributed by atoms with Gasteiger partial charge in [0.1, 0.15) is 28.3 Å². The molecule has 1 aromatic carbocycles. The van der Waals surface area contributed by atoms with E-state index < -0.39 is 36.3 Å². The Balaban J connectivity index is 2.16. The Labute approximate surface area is 223 Å². The highest BCUT2D eigenvalue weighted by Gasteiger charge is 2.39. The van der Waals surface area contributed by atoms with E-state index in [-0.39, 0.29) is 29.0 Å². The molecular weight excluding hydrogens is 532 g/mol. The lowest BCUT2D eigenvalue weighted by Gasteiger charge is -2.22. The maximum atomic E-state index is 13.5. The van der Waals surface area contributed by atoms with Gasteiger partial charge in [-0.1, -0.05) is 18.6 Å². The number of ether oxygens (including phenoxy) is 2. The fourth-order valence-electron chi connectivity index (χ4n) is 4.12. The van der Waals surface area contributed by atoms with Crippen molar-refractivity contribution in [3.05, 3.63) is 35.8 Å². The minimum Gasteiger partial charge on any atom is -0.494 e. The van der Waals surface area contributed by atoms with Crippen molar-refractivity contribution in [1.82, 2.24) is 14.8 Å². The minimum atomic E-state index is -4.11. The first-order valence-corrected chi connectivity index (χ1v) is 15.2. The number of sulfone groups is 1. The Morgan fingerprint density at radius 2 is 1.84 bits per heavy atom. The molecular formula is C24H34N6O6S2. The molecule has 0 saturated carbocycles. The van der Waals surface area contributed by atoms with Gasteiger partial charge in [-0.15, -0.1) is 10.2 Å². The fraction of sp³-hybridized carbons (Fsp3) is 0.500. The lowest BCUT2D eigenvalue weighted by molar-refractivity contribution is 0.390. The SMILES string of the molecule is C=NC(=NC=C(C)C)[C@@H](C)[C@H](C)S(=O)(=O)Nc1nnc([C@@H]2CCCS2(=O)=O)n1-c1c(OC)cccc1OC. The van der Waals surface area contributed by atoms with Crippen LogP contribution in [-0.4, -0.2) is 69.4 Å². The number of anilines is 1. The highest BCUT2D eigenvalue weighted by molar-refractivity contribution is 7.93. The number of sulfonamides is 1. The number of amidine groups is 1. The normalized spacial score (nSPS) is 18.9. The van der Waals surface area contributed by atoms with Gasteiger partial charge in [-0.2, -0.15) is 0 Å². The number of para-hydroxylation sites is 1. The van der Waals surface area contributed by atoms with E-state index in [1.165, 1.54) is 25.7 Å². The Kier molecular flexibility index (Phi) is 8.97. The number of hydrogen-bond acceptors (Lipinski definition) is 9. The highest BCUT2D eigenvalue weighted by atomic mass is 32.2. The predicted molar refractivity (Wildman–Crippen MR) is 148 cm³/mol. The molecule has 0 spiro atoms. The number of hydrogen-bond donors (Lipinski definition) is 1. The monoisotopic (exact) mass is 566 g/mol. The maximum absolute atomic E-state index is 13.5. The summed E-state index contributed by atoms with van der Waals surface area (Å²) >= 11 is 0. The quantitative estimate of drug-likeness (QED) is 0.339. The molecule has 1 aliphatic rings. The average Bonchev–Trinajstić information content (AvgIpc) is 3.43. The van der Waals surface area contributed by atoms with E-state index in [4.69, 9.17) is 9.47 Å². The van der Waals surface area contributed by atoms with Gasteiger partial charge in [0.15, 0.2) is 15.7 Å². The molecule has 2 heterocycles. The summed E-state index contributed by atoms with van der Waals surface area (Å²) in [6.45, 7) is 10.4. The summed E-state index contributed by atoms with van der Waals surface area (Å²) in [5.41, 5.74) is 1.19. The molecule has 0 amide bonds. The molecule has 38 heavy (non-hydrogen) atoms. The van der Waals surface area contributed by atoms with Crippen molar-refractivity contribution in [3.63, 3.8) is 0 Å². The summed E-state index contributed by atoms with van der Waals surface area (Å²) in [5, 5.41) is 6.24. The summed E-state index contributed by atoms with van der Waals surface area (Å²) in [6, 6.07) is 4.99. The fourth-order valence-corrected chi connectivity index (χ4v) is 7.21. The van der Waals surface area contributed by atoms with Crippen LogP contribution in [0.2, 0.25) is 0 Å². The van der Waals surface area contributed by atoms with E-state index >= 15 is 0 Å². The third kappa shape index (κ3) is 5.90. The summed E-state index contributed by atoms with van der Waals surface area (Å²) in [5.74, 6) is 0.137. The van der Waals surface area contributed by atoms with Crippen molar-refractivity contribution in [2.24, 2.45) is 15.9 Å². The zero-order valence-electron chi connectivity index (χ0n) is 22.4. The molecule has 1 aromatic heterocycles. The standard InChI is InChI=1S/C24H34N6O6S2/c1-15(2)14-26-22(25-5)16(3)17(4)38(33,34)29-24-28-27-23(20-12-9-13-37(20,31)32)30(24)21-18(35-6)10-8-11-19(21)36-7/h8,10-11,14,16-17,20H,5,9,12-13H2,1-4,6-7H3,(H,28,29)/t16-,17-,20-/m0/s1. The largest absolute Gasteiger partial charge is 0.494 e. The number of methoxy groups -OCH3 is 2. The summed E-state index contributed by atoms with van der Waals surface area (Å²) in [7, 11) is -4.74. The number of benzene rings is 1. The zero-order chi connectivity index (χ0) is 28.3. The van der Waals surface area contributed by atoms with Gasteiger partial charge in [0.05, 0.1) is 25.2 Å². The van der Waals surface area contributed by atoms with Crippen LogP contribution < -0.4 is 14.2 Å². The van der Waals surface area contributed by atoms with Crippen LogP contribution in [0, 0.1) is 5.92 Å². The predicted octanol–water partition coefficient (Wildman–Crippen LogP) is 3.32. The lowest BCUT2D eigenvalue weighted by Crippen LogP contribution is -2.35. The second-order valence-corrected chi connectivity index (χ2v) is 13.6. The van der Waals surface area contributed by atoms with Gasteiger partial charge in [-0.25, -0.2) is 26.8 Å². The van der Waals surface area contributed by atoms with Gasteiger partial charge in [0.25, 0.3) is 0 Å². The molecule has 1 fully saturated rings. The third-order valence-electron chi connectivity index (χ3n) is 6.38. The van der Waals surface area contributed by atoms with Crippen LogP contribution in [0.25, 0.3) is 5.69 Å². The van der Waals surface area contributed by atoms with E-state index in [0.29, 0.717) is 24.3 Å². The molecule has 14 heteroatoms. The summed E-state index contributed by atoms with van der Waals surface area (Å²) < 4.78 is 67.7. The van der Waals surface area contributed by atoms with Crippen LogP contribution in [0.5, 0.6) is 11.5 Å². The number of aliphatic imine (C=N–C) groups is 2. The van der Waals surface area contributed by atoms with E-state index in [1.807, 2.05) is 13.8 Å². The van der Waals surface area contributed by atoms with Crippen LogP contribution in [0.1, 0.15) is 51.6 Å². The Morgan fingerprint density at radius 1 is 1.21 bits per heavy atom. The van der Waals surface area contributed by atoms with Crippen LogP contribution in [0.3, 0.4) is 0 Å². The molecule has 1 N–H and O–H groups in total. The zero-order valence-corrected chi connectivity index (χ0v) is 24.0. The molecule has 0 aliphatic carbocycles. The van der Waals surface area contributed by atoms with Gasteiger partial charge in [-0.05, 0) is 52.5 Å². The average molecular weight is 567 g/mol. The molecule has 0 radical (unpaired) electrons. The molecule has 0 bridgehead atoms. The van der Waals surface area contributed by atoms with Crippen molar-refractivity contribution >= 4 is 38.4 Å². The maximum Gasteiger partial charge on any atom is 0.243 e. The second-order valence-electron chi connectivity index (χ2n) is 9.22. The van der Waals surface area contributed by atoms with Crippen molar-refractivity contribution in [3.8, 4) is 17.2 Å². The molecule has 0 unspecified atom stereocenters. The number of allylic oxidation sites excluding steroid dienone is 1. The van der Waals surface area contributed by atoms with Gasteiger partial charge in [0.2, 0.25) is 16.0 Å². The Bertz CT molecular complexity index is 1440. The second kappa shape index (κ2) is 11.6. The highest BCUT2D eigenvalue weighted by Crippen LogP contribution is 2.41. The van der Waals surface area contributed by atoms with Crippen molar-refractivity contribution in [1.29, 1.82) is 0 Å².